The summed E-state index contributed by atoms with van der Waals surface area (Å²) in [7, 11) is 1.66. The van der Waals surface area contributed by atoms with Crippen molar-refractivity contribution in [1.82, 2.24) is 0 Å². The average Bonchev–Trinajstić information content (AvgIpc) is 3.56. The second-order valence-corrected chi connectivity index (χ2v) is 14.5. The van der Waals surface area contributed by atoms with Crippen molar-refractivity contribution in [2.24, 2.45) is 0 Å². The van der Waals surface area contributed by atoms with Crippen LogP contribution in [0.2, 0.25) is 0 Å². The van der Waals surface area contributed by atoms with Gasteiger partial charge in [0.15, 0.2) is 5.60 Å². The maximum Gasteiger partial charge on any atom is 0.178 e. The lowest BCUT2D eigenvalue weighted by Crippen LogP contribution is -2.35. The molecule has 6 aromatic rings. The quantitative estimate of drug-likeness (QED) is 0.183. The number of methoxy groups -OCH3 is 1. The van der Waals surface area contributed by atoms with E-state index < -0.39 is 11.0 Å². The molecule has 0 aromatic heterocycles. The highest BCUT2D eigenvalue weighted by molar-refractivity contribution is 6.08. The molecule has 3 aliphatic rings. The molecule has 0 saturated heterocycles. The van der Waals surface area contributed by atoms with Crippen LogP contribution in [0.15, 0.2) is 109 Å². The normalized spacial score (nSPS) is 18.5. The maximum atomic E-state index is 15.3. The van der Waals surface area contributed by atoms with E-state index in [0.717, 1.165) is 62.9 Å². The second-order valence-electron chi connectivity index (χ2n) is 14.5. The molecular weight excluding hydrogens is 623 g/mol. The van der Waals surface area contributed by atoms with Crippen molar-refractivity contribution < 1.29 is 18.3 Å². The van der Waals surface area contributed by atoms with E-state index in [0.29, 0.717) is 11.1 Å². The van der Waals surface area contributed by atoms with E-state index in [1.807, 2.05) is 24.3 Å². The van der Waals surface area contributed by atoms with Crippen molar-refractivity contribution in [1.29, 1.82) is 0 Å². The minimum Gasteiger partial charge on any atom is -0.497 e. The lowest BCUT2D eigenvalue weighted by molar-refractivity contribution is 0.163. The number of benzene rings is 6. The Kier molecular flexibility index (Phi) is 6.56. The Morgan fingerprint density at radius 3 is 2.10 bits per heavy atom. The number of fused-ring (bicyclic) bond motifs is 11. The highest BCUT2D eigenvalue weighted by atomic mass is 19.1. The van der Waals surface area contributed by atoms with Gasteiger partial charge in [-0.1, -0.05) is 94.4 Å². The van der Waals surface area contributed by atoms with Gasteiger partial charge in [0.1, 0.15) is 23.1 Å². The third kappa shape index (κ3) is 3.93. The van der Waals surface area contributed by atoms with Crippen molar-refractivity contribution in [3.05, 3.63) is 160 Å². The Morgan fingerprint density at radius 1 is 0.660 bits per heavy atom. The van der Waals surface area contributed by atoms with Gasteiger partial charge in [0, 0.05) is 32.9 Å². The summed E-state index contributed by atoms with van der Waals surface area (Å²) in [6.07, 6.45) is 5.91. The van der Waals surface area contributed by atoms with E-state index in [1.54, 1.807) is 19.2 Å². The molecule has 0 radical (unpaired) electrons. The van der Waals surface area contributed by atoms with Crippen LogP contribution in [0.3, 0.4) is 0 Å². The molecule has 50 heavy (non-hydrogen) atoms. The summed E-state index contributed by atoms with van der Waals surface area (Å²) >= 11 is 0. The molecule has 0 bridgehead atoms. The monoisotopic (exact) mass is 660 g/mol. The van der Waals surface area contributed by atoms with Gasteiger partial charge in [-0.3, -0.25) is 0 Å². The minimum absolute atomic E-state index is 0.209. The first-order valence-electron chi connectivity index (χ1n) is 17.5. The lowest BCUT2D eigenvalue weighted by atomic mass is 9.71. The molecule has 0 N–H and O–H groups in total. The summed E-state index contributed by atoms with van der Waals surface area (Å²) in [6, 6.07) is 33.5. The summed E-state index contributed by atoms with van der Waals surface area (Å²) < 4.78 is 43.4. The Morgan fingerprint density at radius 2 is 1.34 bits per heavy atom. The number of hydrogen-bond acceptors (Lipinski definition) is 2. The average molecular weight is 661 g/mol. The molecule has 1 atom stereocenters. The zero-order chi connectivity index (χ0) is 34.6. The Balaban J connectivity index is 1.34. The maximum absolute atomic E-state index is 15.3. The summed E-state index contributed by atoms with van der Waals surface area (Å²) in [5.74, 6) is 0.804. The fourth-order valence-electron chi connectivity index (χ4n) is 9.39. The minimum atomic E-state index is -1.04. The third-order valence-corrected chi connectivity index (χ3v) is 12.0. The van der Waals surface area contributed by atoms with E-state index in [4.69, 9.17) is 9.47 Å². The molecule has 9 rings (SSSR count). The predicted molar refractivity (Wildman–Crippen MR) is 198 cm³/mol. The summed E-state index contributed by atoms with van der Waals surface area (Å²) in [5.41, 5.74) is 10.3. The van der Waals surface area contributed by atoms with Gasteiger partial charge >= 0.3 is 0 Å². The molecule has 0 saturated carbocycles. The van der Waals surface area contributed by atoms with E-state index in [9.17, 15) is 4.39 Å². The molecule has 1 heterocycles. The van der Waals surface area contributed by atoms with Gasteiger partial charge in [0.2, 0.25) is 0 Å². The van der Waals surface area contributed by atoms with Crippen molar-refractivity contribution in [2.75, 3.05) is 7.11 Å². The highest BCUT2D eigenvalue weighted by Gasteiger charge is 2.47. The van der Waals surface area contributed by atoms with Crippen molar-refractivity contribution in [3.63, 3.8) is 0 Å². The standard InChI is InChI=1S/C46H38F2O2/c1-6-45(7-2)40-26-30(48)16-21-35(40)41-34-20-15-29(47)25-37(34)43-36(42(41)45)22-23-46(50-43,27-12-17-31(49-5)18-13-27)28-14-19-33-32-10-8-9-11-38(32)44(3,4)39(33)24-28/h8-26H,6-7H2,1-5H3. The van der Waals surface area contributed by atoms with E-state index in [1.165, 1.54) is 34.4 Å². The van der Waals surface area contributed by atoms with Crippen molar-refractivity contribution in [3.8, 4) is 33.8 Å². The molecule has 6 aromatic carbocycles. The molecule has 0 amide bonds. The first kappa shape index (κ1) is 30.8. The SMILES string of the molecule is CCC1(CC)c2cc(F)ccc2-c2c1c1c(c3cc(F)ccc23)OC(c2ccc(OC)cc2)(c2ccc3c(c2)C(C)(C)c2ccccc2-3)C=C1. The van der Waals surface area contributed by atoms with E-state index in [-0.39, 0.29) is 17.0 Å². The summed E-state index contributed by atoms with van der Waals surface area (Å²) in [5, 5.41) is 1.61. The fourth-order valence-corrected chi connectivity index (χ4v) is 9.39. The number of hydrogen-bond donors (Lipinski definition) is 0. The molecule has 1 aliphatic heterocycles. The predicted octanol–water partition coefficient (Wildman–Crippen LogP) is 11.9. The molecule has 248 valence electrons. The Labute approximate surface area is 292 Å². The van der Waals surface area contributed by atoms with Gasteiger partial charge in [-0.15, -0.1) is 0 Å². The zero-order valence-corrected chi connectivity index (χ0v) is 29.0. The van der Waals surface area contributed by atoms with Crippen LogP contribution in [0.4, 0.5) is 8.78 Å². The van der Waals surface area contributed by atoms with Crippen LogP contribution >= 0.6 is 0 Å². The van der Waals surface area contributed by atoms with Crippen LogP contribution in [0.5, 0.6) is 11.5 Å². The fraction of sp³-hybridized carbons (Fsp3) is 0.217. The third-order valence-electron chi connectivity index (χ3n) is 12.0. The molecule has 2 nitrogen and oxygen atoms in total. The molecule has 0 fully saturated rings. The first-order valence-corrected chi connectivity index (χ1v) is 17.5. The largest absolute Gasteiger partial charge is 0.497 e. The van der Waals surface area contributed by atoms with E-state index >= 15 is 4.39 Å². The van der Waals surface area contributed by atoms with Crippen LogP contribution in [-0.4, -0.2) is 7.11 Å². The van der Waals surface area contributed by atoms with Crippen LogP contribution in [0.1, 0.15) is 79.5 Å². The van der Waals surface area contributed by atoms with Gasteiger partial charge in [-0.05, 0) is 111 Å². The molecule has 1 unspecified atom stereocenters. The van der Waals surface area contributed by atoms with Crippen LogP contribution in [-0.2, 0) is 16.4 Å². The van der Waals surface area contributed by atoms with E-state index in [2.05, 4.69) is 94.4 Å². The molecular formula is C46H38F2O2. The van der Waals surface area contributed by atoms with Crippen molar-refractivity contribution in [2.45, 2.75) is 57.0 Å². The lowest BCUT2D eigenvalue weighted by Gasteiger charge is -2.40. The Hall–Kier alpha value is -5.22. The number of rotatable bonds is 5. The Bertz CT molecular complexity index is 2420. The van der Waals surface area contributed by atoms with Gasteiger partial charge < -0.3 is 9.47 Å². The molecule has 2 aliphatic carbocycles. The number of ether oxygens (including phenoxy) is 2. The molecule has 4 heteroatoms. The van der Waals surface area contributed by atoms with Gasteiger partial charge in [-0.25, -0.2) is 8.78 Å². The van der Waals surface area contributed by atoms with Crippen molar-refractivity contribution >= 4 is 16.8 Å². The topological polar surface area (TPSA) is 18.5 Å². The first-order chi connectivity index (χ1) is 24.2. The van der Waals surface area contributed by atoms with Gasteiger partial charge in [-0.2, -0.15) is 0 Å². The van der Waals surface area contributed by atoms with Crippen LogP contribution in [0, 0.1) is 11.6 Å². The smallest absolute Gasteiger partial charge is 0.178 e. The van der Waals surface area contributed by atoms with Gasteiger partial charge in [0.25, 0.3) is 0 Å². The van der Waals surface area contributed by atoms with Crippen LogP contribution < -0.4 is 9.47 Å². The van der Waals surface area contributed by atoms with Crippen LogP contribution in [0.25, 0.3) is 39.1 Å². The second kappa shape index (κ2) is 10.6. The molecule has 0 spiro atoms. The summed E-state index contributed by atoms with van der Waals surface area (Å²) in [4.78, 5) is 0. The van der Waals surface area contributed by atoms with Gasteiger partial charge in [0.05, 0.1) is 7.11 Å². The zero-order valence-electron chi connectivity index (χ0n) is 29.0. The highest BCUT2D eigenvalue weighted by Crippen LogP contribution is 2.61. The summed E-state index contributed by atoms with van der Waals surface area (Å²) in [6.45, 7) is 8.91. The number of halogens is 2.